The summed E-state index contributed by atoms with van der Waals surface area (Å²) in [5.74, 6) is 0. The topological polar surface area (TPSA) is 59.1 Å². The van der Waals surface area contributed by atoms with E-state index in [2.05, 4.69) is 0 Å². The fourth-order valence-corrected chi connectivity index (χ4v) is 3.43. The summed E-state index contributed by atoms with van der Waals surface area (Å²) in [5.41, 5.74) is -1.39. The van der Waals surface area contributed by atoms with Crippen LogP contribution in [0.4, 0.5) is 14.0 Å². The highest BCUT2D eigenvalue weighted by Gasteiger charge is 2.57. The fourth-order valence-electron chi connectivity index (χ4n) is 3.43. The number of hydrogen-bond donors (Lipinski definition) is 0. The lowest BCUT2D eigenvalue weighted by molar-refractivity contribution is 0.0251. The van der Waals surface area contributed by atoms with Crippen molar-refractivity contribution in [3.05, 3.63) is 35.9 Å². The standard InChI is InChI=1S/C19H25FN2O4/c1-18(2,3)26-16(23)21-11-15-19(20,13-21)9-10-22(15)17(24)25-12-14-7-5-4-6-8-14/h4-8,15H,9-13H2,1-3H3. The fraction of sp³-hybridized carbons (Fsp3) is 0.579. The summed E-state index contributed by atoms with van der Waals surface area (Å²) in [6, 6.07) is 8.63. The Balaban J connectivity index is 1.61. The van der Waals surface area contributed by atoms with E-state index in [9.17, 15) is 9.59 Å². The van der Waals surface area contributed by atoms with Crippen molar-refractivity contribution >= 4 is 12.2 Å². The maximum absolute atomic E-state index is 15.2. The van der Waals surface area contributed by atoms with Crippen LogP contribution in [0.3, 0.4) is 0 Å². The minimum Gasteiger partial charge on any atom is -0.445 e. The number of hydrogen-bond acceptors (Lipinski definition) is 4. The van der Waals surface area contributed by atoms with Crippen molar-refractivity contribution in [1.82, 2.24) is 9.80 Å². The molecule has 2 saturated heterocycles. The van der Waals surface area contributed by atoms with Gasteiger partial charge in [-0.3, -0.25) is 0 Å². The molecule has 2 aliphatic heterocycles. The molecule has 3 rings (SSSR count). The third-order valence-corrected chi connectivity index (χ3v) is 4.68. The van der Waals surface area contributed by atoms with Gasteiger partial charge < -0.3 is 19.3 Å². The number of carbonyl (C=O) groups excluding carboxylic acids is 2. The molecule has 2 unspecified atom stereocenters. The van der Waals surface area contributed by atoms with E-state index in [1.165, 1.54) is 9.80 Å². The maximum atomic E-state index is 15.2. The van der Waals surface area contributed by atoms with Gasteiger partial charge in [-0.1, -0.05) is 30.3 Å². The van der Waals surface area contributed by atoms with Crippen LogP contribution in [0, 0.1) is 0 Å². The Morgan fingerprint density at radius 2 is 1.92 bits per heavy atom. The van der Waals surface area contributed by atoms with Crippen molar-refractivity contribution in [2.24, 2.45) is 0 Å². The van der Waals surface area contributed by atoms with E-state index in [0.717, 1.165) is 5.56 Å². The lowest BCUT2D eigenvalue weighted by Gasteiger charge is -2.26. The average molecular weight is 364 g/mol. The molecule has 142 valence electrons. The Bertz CT molecular complexity index is 676. The Morgan fingerprint density at radius 3 is 2.58 bits per heavy atom. The largest absolute Gasteiger partial charge is 0.445 e. The van der Waals surface area contributed by atoms with Gasteiger partial charge in [0.05, 0.1) is 12.6 Å². The number of nitrogens with zero attached hydrogens (tertiary/aromatic N) is 2. The second-order valence-corrected chi connectivity index (χ2v) is 7.89. The highest BCUT2D eigenvalue weighted by atomic mass is 19.1. The number of rotatable bonds is 2. The van der Waals surface area contributed by atoms with E-state index in [4.69, 9.17) is 9.47 Å². The molecule has 1 aromatic rings. The number of carbonyl (C=O) groups is 2. The Labute approximate surface area is 152 Å². The van der Waals surface area contributed by atoms with E-state index in [1.54, 1.807) is 20.8 Å². The number of alkyl halides is 1. The summed E-state index contributed by atoms with van der Waals surface area (Å²) in [7, 11) is 0. The van der Waals surface area contributed by atoms with Gasteiger partial charge in [0.1, 0.15) is 12.2 Å². The van der Waals surface area contributed by atoms with E-state index >= 15 is 4.39 Å². The minimum atomic E-state index is -1.61. The van der Waals surface area contributed by atoms with Crippen molar-refractivity contribution in [2.45, 2.75) is 51.1 Å². The third kappa shape index (κ3) is 3.92. The first kappa shape index (κ1) is 18.5. The van der Waals surface area contributed by atoms with Gasteiger partial charge >= 0.3 is 12.2 Å². The Morgan fingerprint density at radius 1 is 1.23 bits per heavy atom. The smallest absolute Gasteiger partial charge is 0.410 e. The van der Waals surface area contributed by atoms with Gasteiger partial charge in [-0.2, -0.15) is 0 Å². The zero-order chi connectivity index (χ0) is 18.9. The molecule has 2 amide bonds. The molecule has 0 saturated carbocycles. The van der Waals surface area contributed by atoms with Crippen LogP contribution in [0.5, 0.6) is 0 Å². The first-order chi connectivity index (χ1) is 12.2. The van der Waals surface area contributed by atoms with Crippen LogP contribution in [-0.2, 0) is 16.1 Å². The molecule has 6 nitrogen and oxygen atoms in total. The van der Waals surface area contributed by atoms with Crippen molar-refractivity contribution in [3.8, 4) is 0 Å². The van der Waals surface area contributed by atoms with Crippen LogP contribution in [0.25, 0.3) is 0 Å². The zero-order valence-corrected chi connectivity index (χ0v) is 15.4. The first-order valence-corrected chi connectivity index (χ1v) is 8.82. The van der Waals surface area contributed by atoms with Crippen LogP contribution in [0.2, 0.25) is 0 Å². The molecule has 2 aliphatic rings. The molecule has 26 heavy (non-hydrogen) atoms. The van der Waals surface area contributed by atoms with Crippen molar-refractivity contribution in [2.75, 3.05) is 19.6 Å². The monoisotopic (exact) mass is 364 g/mol. The number of benzene rings is 1. The van der Waals surface area contributed by atoms with E-state index < -0.39 is 29.5 Å². The van der Waals surface area contributed by atoms with Gasteiger partial charge in [0.2, 0.25) is 0 Å². The van der Waals surface area contributed by atoms with Crippen LogP contribution < -0.4 is 0 Å². The normalized spacial score (nSPS) is 25.2. The number of fused-ring (bicyclic) bond motifs is 1. The van der Waals surface area contributed by atoms with Crippen LogP contribution in [0.1, 0.15) is 32.8 Å². The van der Waals surface area contributed by atoms with Gasteiger partial charge in [-0.05, 0) is 26.3 Å². The van der Waals surface area contributed by atoms with Gasteiger partial charge in [0.15, 0.2) is 5.67 Å². The minimum absolute atomic E-state index is 0.0605. The Hall–Kier alpha value is -2.31. The quantitative estimate of drug-likeness (QED) is 0.807. The molecule has 1 aromatic carbocycles. The predicted octanol–water partition coefficient (Wildman–Crippen LogP) is 3.36. The molecular formula is C19H25FN2O4. The summed E-state index contributed by atoms with van der Waals surface area (Å²) in [6.45, 7) is 5.77. The Kier molecular flexibility index (Phi) is 4.82. The molecule has 0 radical (unpaired) electrons. The maximum Gasteiger partial charge on any atom is 0.410 e. The van der Waals surface area contributed by atoms with Gasteiger partial charge in [0.25, 0.3) is 0 Å². The van der Waals surface area contributed by atoms with Crippen LogP contribution in [0.15, 0.2) is 30.3 Å². The van der Waals surface area contributed by atoms with E-state index in [-0.39, 0.29) is 32.7 Å². The lowest BCUT2D eigenvalue weighted by Crippen LogP contribution is -2.44. The van der Waals surface area contributed by atoms with Crippen LogP contribution >= 0.6 is 0 Å². The van der Waals surface area contributed by atoms with Crippen molar-refractivity contribution < 1.29 is 23.5 Å². The second kappa shape index (κ2) is 6.78. The molecule has 0 aromatic heterocycles. The number of amides is 2. The summed E-state index contributed by atoms with van der Waals surface area (Å²) < 4.78 is 25.9. The SMILES string of the molecule is CC(C)(C)OC(=O)N1CC2N(C(=O)OCc3ccccc3)CCC2(F)C1. The predicted molar refractivity (Wildman–Crippen MR) is 93.4 cm³/mol. The summed E-state index contributed by atoms with van der Waals surface area (Å²) in [4.78, 5) is 27.4. The first-order valence-electron chi connectivity index (χ1n) is 8.82. The van der Waals surface area contributed by atoms with Gasteiger partial charge in [0, 0.05) is 19.5 Å². The van der Waals surface area contributed by atoms with E-state index in [1.807, 2.05) is 30.3 Å². The molecule has 0 N–H and O–H groups in total. The van der Waals surface area contributed by atoms with Crippen molar-refractivity contribution in [3.63, 3.8) is 0 Å². The van der Waals surface area contributed by atoms with Gasteiger partial charge in [-0.15, -0.1) is 0 Å². The number of halogens is 1. The van der Waals surface area contributed by atoms with Gasteiger partial charge in [-0.25, -0.2) is 14.0 Å². The molecule has 2 heterocycles. The molecule has 7 heteroatoms. The highest BCUT2D eigenvalue weighted by Crippen LogP contribution is 2.39. The summed E-state index contributed by atoms with van der Waals surface area (Å²) in [5, 5.41) is 0. The lowest BCUT2D eigenvalue weighted by atomic mass is 10.0. The second-order valence-electron chi connectivity index (χ2n) is 7.89. The molecule has 2 atom stereocenters. The van der Waals surface area contributed by atoms with E-state index in [0.29, 0.717) is 0 Å². The third-order valence-electron chi connectivity index (χ3n) is 4.68. The van der Waals surface area contributed by atoms with Crippen LogP contribution in [-0.4, -0.2) is 58.9 Å². The number of likely N-dealkylation sites (tertiary alicyclic amines) is 2. The molecular weight excluding hydrogens is 339 g/mol. The molecule has 2 fully saturated rings. The molecule has 0 bridgehead atoms. The summed E-state index contributed by atoms with van der Waals surface area (Å²) in [6.07, 6.45) is -0.914. The summed E-state index contributed by atoms with van der Waals surface area (Å²) >= 11 is 0. The zero-order valence-electron chi connectivity index (χ0n) is 15.4. The number of ether oxygens (including phenoxy) is 2. The highest BCUT2D eigenvalue weighted by molar-refractivity contribution is 5.71. The molecule has 0 spiro atoms. The molecule has 0 aliphatic carbocycles. The average Bonchev–Trinajstić information content (AvgIpc) is 3.05. The van der Waals surface area contributed by atoms with Crippen molar-refractivity contribution in [1.29, 1.82) is 0 Å².